The summed E-state index contributed by atoms with van der Waals surface area (Å²) in [6.07, 6.45) is 0. The van der Waals surface area contributed by atoms with Gasteiger partial charge in [0.05, 0.1) is 33.5 Å². The highest BCUT2D eigenvalue weighted by atomic mass is 16.3. The Morgan fingerprint density at radius 1 is 0.396 bits per heavy atom. The average Bonchev–Trinajstić information content (AvgIpc) is 3.15. The van der Waals surface area contributed by atoms with Crippen LogP contribution in [0.15, 0.2) is 185 Å². The fraction of sp³-hybridized carbons (Fsp3) is 0. The lowest BCUT2D eigenvalue weighted by Gasteiger charge is -2.41. The third-order valence-electron chi connectivity index (χ3n) is 8.92. The van der Waals surface area contributed by atoms with E-state index in [1.807, 2.05) is 60.7 Å². The van der Waals surface area contributed by atoms with Crippen molar-refractivity contribution in [1.29, 1.82) is 0 Å². The number of rotatable bonds is 5. The van der Waals surface area contributed by atoms with Gasteiger partial charge in [-0.1, -0.05) is 78.9 Å². The highest BCUT2D eigenvalue weighted by Crippen LogP contribution is 2.55. The van der Waals surface area contributed by atoms with Crippen LogP contribution in [-0.4, -0.2) is 0 Å². The highest BCUT2D eigenvalue weighted by molar-refractivity contribution is 6.04. The number of hydrogen-bond acceptors (Lipinski definition) is 5. The van der Waals surface area contributed by atoms with Crippen molar-refractivity contribution in [2.24, 2.45) is 0 Å². The standard InChI is InChI=1S/C43H29N3O2/c47-43-35-20-10-13-23-41(35)48-42-27-25-33(28-36(42)43)46-38-22-12-11-21-37(38)45(32-18-8-3-9-19-32)40-29-34(24-26-39(40)46)44(30-14-4-1-5-15-30)31-16-6-2-7-17-31/h1-29H. The lowest BCUT2D eigenvalue weighted by Crippen LogP contribution is -2.24. The minimum Gasteiger partial charge on any atom is -0.456 e. The maximum atomic E-state index is 13.7. The normalized spacial score (nSPS) is 12.2. The SMILES string of the molecule is O=c1c2ccccc2oc2ccc(N3c4ccccc4N(c4ccccc4)c4cc(N(c5ccccc5)c5ccccc5)ccc43)cc12. The molecule has 1 aliphatic rings. The van der Waals surface area contributed by atoms with Crippen LogP contribution in [0.25, 0.3) is 21.9 Å². The average molecular weight is 620 g/mol. The second-order valence-corrected chi connectivity index (χ2v) is 11.8. The summed E-state index contributed by atoms with van der Waals surface area (Å²) in [6, 6.07) is 59.7. The molecule has 9 rings (SSSR count). The van der Waals surface area contributed by atoms with Gasteiger partial charge in [0.1, 0.15) is 11.2 Å². The van der Waals surface area contributed by atoms with Crippen LogP contribution in [0, 0.1) is 0 Å². The third kappa shape index (κ3) is 4.52. The second-order valence-electron chi connectivity index (χ2n) is 11.8. The van der Waals surface area contributed by atoms with Crippen molar-refractivity contribution in [1.82, 2.24) is 0 Å². The Bertz CT molecular complexity index is 2460. The van der Waals surface area contributed by atoms with Crippen LogP contribution in [0.4, 0.5) is 51.2 Å². The van der Waals surface area contributed by atoms with Gasteiger partial charge in [0.15, 0.2) is 0 Å². The molecule has 0 N–H and O–H groups in total. The molecule has 48 heavy (non-hydrogen) atoms. The Kier molecular flexibility index (Phi) is 6.54. The zero-order valence-electron chi connectivity index (χ0n) is 25.9. The van der Waals surface area contributed by atoms with Crippen LogP contribution < -0.4 is 20.1 Å². The van der Waals surface area contributed by atoms with Crippen molar-refractivity contribution in [2.45, 2.75) is 0 Å². The van der Waals surface area contributed by atoms with Crippen molar-refractivity contribution >= 4 is 73.1 Å². The molecule has 8 aromatic rings. The van der Waals surface area contributed by atoms with Crippen LogP contribution in [0.3, 0.4) is 0 Å². The van der Waals surface area contributed by atoms with Gasteiger partial charge >= 0.3 is 0 Å². The summed E-state index contributed by atoms with van der Waals surface area (Å²) in [5.41, 5.74) is 10.2. The molecule has 0 fully saturated rings. The van der Waals surface area contributed by atoms with E-state index in [4.69, 9.17) is 4.42 Å². The first-order valence-corrected chi connectivity index (χ1v) is 16.0. The Labute approximate surface area is 277 Å². The summed E-state index contributed by atoms with van der Waals surface area (Å²) >= 11 is 0. The number of para-hydroxylation sites is 6. The predicted molar refractivity (Wildman–Crippen MR) is 198 cm³/mol. The first-order valence-electron chi connectivity index (χ1n) is 16.0. The van der Waals surface area contributed by atoms with E-state index in [2.05, 4.69) is 130 Å². The predicted octanol–water partition coefficient (Wildman–Crippen LogP) is 11.7. The molecule has 0 amide bonds. The molecule has 7 aromatic carbocycles. The van der Waals surface area contributed by atoms with Gasteiger partial charge in [-0.15, -0.1) is 0 Å². The Hall–Kier alpha value is -6.59. The summed E-state index contributed by atoms with van der Waals surface area (Å²) in [5, 5.41) is 1.12. The molecule has 5 heteroatoms. The van der Waals surface area contributed by atoms with Crippen molar-refractivity contribution < 1.29 is 4.42 Å². The largest absolute Gasteiger partial charge is 0.456 e. The van der Waals surface area contributed by atoms with Gasteiger partial charge in [0, 0.05) is 28.4 Å². The van der Waals surface area contributed by atoms with Gasteiger partial charge in [0.2, 0.25) is 5.43 Å². The van der Waals surface area contributed by atoms with Gasteiger partial charge in [0.25, 0.3) is 0 Å². The molecule has 228 valence electrons. The molecular formula is C43H29N3O2. The molecule has 2 heterocycles. The van der Waals surface area contributed by atoms with Gasteiger partial charge in [-0.25, -0.2) is 0 Å². The van der Waals surface area contributed by atoms with E-state index in [9.17, 15) is 4.79 Å². The van der Waals surface area contributed by atoms with Crippen molar-refractivity contribution in [3.8, 4) is 0 Å². The monoisotopic (exact) mass is 619 g/mol. The quantitative estimate of drug-likeness (QED) is 0.179. The van der Waals surface area contributed by atoms with E-state index in [0.717, 1.165) is 51.2 Å². The van der Waals surface area contributed by atoms with Crippen LogP contribution >= 0.6 is 0 Å². The molecule has 5 nitrogen and oxygen atoms in total. The van der Waals surface area contributed by atoms with Crippen molar-refractivity contribution in [3.63, 3.8) is 0 Å². The van der Waals surface area contributed by atoms with E-state index in [1.54, 1.807) is 0 Å². The number of hydrogen-bond donors (Lipinski definition) is 0. The molecule has 1 aliphatic heterocycles. The fourth-order valence-electron chi connectivity index (χ4n) is 6.79. The van der Waals surface area contributed by atoms with Gasteiger partial charge in [-0.05, 0) is 97.1 Å². The zero-order valence-corrected chi connectivity index (χ0v) is 25.9. The fourth-order valence-corrected chi connectivity index (χ4v) is 6.79. The van der Waals surface area contributed by atoms with E-state index >= 15 is 0 Å². The van der Waals surface area contributed by atoms with Crippen molar-refractivity contribution in [3.05, 3.63) is 186 Å². The minimum absolute atomic E-state index is 0.0400. The number of benzene rings is 7. The summed E-state index contributed by atoms with van der Waals surface area (Å²) in [6.45, 7) is 0. The summed E-state index contributed by atoms with van der Waals surface area (Å²) in [4.78, 5) is 20.6. The lowest BCUT2D eigenvalue weighted by molar-refractivity contribution is 0.660. The first-order chi connectivity index (χ1) is 23.7. The van der Waals surface area contributed by atoms with Crippen LogP contribution in [0.2, 0.25) is 0 Å². The van der Waals surface area contributed by atoms with Gasteiger partial charge < -0.3 is 19.1 Å². The highest BCUT2D eigenvalue weighted by Gasteiger charge is 2.31. The summed E-state index contributed by atoms with van der Waals surface area (Å²) in [5.74, 6) is 0. The summed E-state index contributed by atoms with van der Waals surface area (Å²) < 4.78 is 6.18. The molecule has 0 atom stereocenters. The van der Waals surface area contributed by atoms with Crippen LogP contribution in [-0.2, 0) is 0 Å². The molecular weight excluding hydrogens is 590 g/mol. The molecule has 0 radical (unpaired) electrons. The molecule has 0 aliphatic carbocycles. The maximum absolute atomic E-state index is 13.7. The van der Waals surface area contributed by atoms with Crippen molar-refractivity contribution in [2.75, 3.05) is 14.7 Å². The van der Waals surface area contributed by atoms with Crippen LogP contribution in [0.5, 0.6) is 0 Å². The smallest absolute Gasteiger partial charge is 0.200 e. The topological polar surface area (TPSA) is 39.9 Å². The second kappa shape index (κ2) is 11.3. The molecule has 0 saturated carbocycles. The number of anilines is 9. The van der Waals surface area contributed by atoms with E-state index in [-0.39, 0.29) is 5.43 Å². The van der Waals surface area contributed by atoms with Gasteiger partial charge in [-0.3, -0.25) is 4.79 Å². The first kappa shape index (κ1) is 27.7. The Morgan fingerprint density at radius 3 is 1.62 bits per heavy atom. The molecule has 0 saturated heterocycles. The molecule has 0 unspecified atom stereocenters. The lowest BCUT2D eigenvalue weighted by atomic mass is 10.0. The van der Waals surface area contributed by atoms with E-state index < -0.39 is 0 Å². The summed E-state index contributed by atoms with van der Waals surface area (Å²) in [7, 11) is 0. The third-order valence-corrected chi connectivity index (χ3v) is 8.92. The molecule has 0 bridgehead atoms. The number of fused-ring (bicyclic) bond motifs is 4. The maximum Gasteiger partial charge on any atom is 0.200 e. The zero-order chi connectivity index (χ0) is 32.0. The Balaban J connectivity index is 1.29. The minimum atomic E-state index is -0.0400. The van der Waals surface area contributed by atoms with Crippen LogP contribution in [0.1, 0.15) is 0 Å². The van der Waals surface area contributed by atoms with E-state index in [1.165, 1.54) is 0 Å². The molecule has 0 spiro atoms. The molecule has 1 aromatic heterocycles. The Morgan fingerprint density at radius 2 is 0.938 bits per heavy atom. The number of nitrogens with zero attached hydrogens (tertiary/aromatic N) is 3. The van der Waals surface area contributed by atoms with Gasteiger partial charge in [-0.2, -0.15) is 0 Å². The van der Waals surface area contributed by atoms with E-state index in [0.29, 0.717) is 21.9 Å².